The molecule has 4 rings (SSSR count). The summed E-state index contributed by atoms with van der Waals surface area (Å²) in [5.41, 5.74) is 1.40. The van der Waals surface area contributed by atoms with Gasteiger partial charge in [-0.2, -0.15) is 22.1 Å². The Labute approximate surface area is 147 Å². The van der Waals surface area contributed by atoms with Crippen molar-refractivity contribution in [2.75, 3.05) is 5.75 Å². The number of aryl methyl sites for hydroxylation is 1. The summed E-state index contributed by atoms with van der Waals surface area (Å²) in [6.45, 7) is 0.545. The first kappa shape index (κ1) is 15.2. The van der Waals surface area contributed by atoms with Gasteiger partial charge in [0.25, 0.3) is 11.3 Å². The van der Waals surface area contributed by atoms with E-state index in [4.69, 9.17) is 11.6 Å². The molecule has 0 saturated carbocycles. The number of pyridine rings is 1. The van der Waals surface area contributed by atoms with Crippen LogP contribution in [0.5, 0.6) is 0 Å². The molecular formula is C16H12ClN5OS. The minimum absolute atomic E-state index is 0.112. The molecule has 0 radical (unpaired) electrons. The number of thiol groups is 1. The molecule has 4 aromatic rings. The first-order valence-corrected chi connectivity index (χ1v) is 8.30. The van der Waals surface area contributed by atoms with Crippen LogP contribution < -0.4 is 5.56 Å². The van der Waals surface area contributed by atoms with E-state index in [0.29, 0.717) is 39.8 Å². The number of halogens is 1. The van der Waals surface area contributed by atoms with Gasteiger partial charge >= 0.3 is 0 Å². The second kappa shape index (κ2) is 5.92. The molecule has 120 valence electrons. The molecule has 0 unspecified atom stereocenters. The minimum atomic E-state index is -0.112. The first-order chi connectivity index (χ1) is 11.7. The molecule has 8 heteroatoms. The highest BCUT2D eigenvalue weighted by molar-refractivity contribution is 7.80. The molecule has 0 aliphatic carbocycles. The van der Waals surface area contributed by atoms with E-state index >= 15 is 0 Å². The third-order valence-electron chi connectivity index (χ3n) is 3.75. The summed E-state index contributed by atoms with van der Waals surface area (Å²) in [6, 6.07) is 9.10. The van der Waals surface area contributed by atoms with Gasteiger partial charge in [-0.1, -0.05) is 11.6 Å². The Morgan fingerprint density at radius 2 is 1.96 bits per heavy atom. The van der Waals surface area contributed by atoms with E-state index in [1.165, 1.54) is 0 Å². The molecule has 0 aliphatic rings. The zero-order chi connectivity index (χ0) is 16.7. The van der Waals surface area contributed by atoms with E-state index < -0.39 is 0 Å². The van der Waals surface area contributed by atoms with Crippen LogP contribution in [0.15, 0.2) is 47.5 Å². The average molecular weight is 358 g/mol. The smallest absolute Gasteiger partial charge is 0.261 e. The molecule has 0 atom stereocenters. The predicted octanol–water partition coefficient (Wildman–Crippen LogP) is 2.69. The normalized spacial score (nSPS) is 11.4. The Morgan fingerprint density at radius 1 is 1.17 bits per heavy atom. The van der Waals surface area contributed by atoms with Crippen LogP contribution in [0.4, 0.5) is 0 Å². The van der Waals surface area contributed by atoms with Crippen molar-refractivity contribution < 1.29 is 0 Å². The van der Waals surface area contributed by atoms with Gasteiger partial charge in [0.1, 0.15) is 0 Å². The van der Waals surface area contributed by atoms with Crippen molar-refractivity contribution in [2.24, 2.45) is 0 Å². The van der Waals surface area contributed by atoms with Gasteiger partial charge in [-0.3, -0.25) is 4.79 Å². The molecule has 0 bridgehead atoms. The van der Waals surface area contributed by atoms with Crippen LogP contribution in [0.1, 0.15) is 0 Å². The number of aromatic nitrogens is 5. The van der Waals surface area contributed by atoms with E-state index in [9.17, 15) is 4.79 Å². The molecule has 6 nitrogen and oxygen atoms in total. The topological polar surface area (TPSA) is 65.1 Å². The van der Waals surface area contributed by atoms with Gasteiger partial charge in [0.2, 0.25) is 0 Å². The molecule has 0 amide bonds. The van der Waals surface area contributed by atoms with Crippen molar-refractivity contribution in [1.82, 2.24) is 24.1 Å². The van der Waals surface area contributed by atoms with Crippen molar-refractivity contribution in [3.63, 3.8) is 0 Å². The molecule has 24 heavy (non-hydrogen) atoms. The van der Waals surface area contributed by atoms with E-state index in [1.807, 2.05) is 18.2 Å². The van der Waals surface area contributed by atoms with Gasteiger partial charge in [0.05, 0.1) is 10.9 Å². The van der Waals surface area contributed by atoms with E-state index in [0.717, 1.165) is 5.56 Å². The molecular weight excluding hydrogens is 346 g/mol. The fraction of sp³-hybridized carbons (Fsp3) is 0.125. The maximum atomic E-state index is 12.5. The third-order valence-corrected chi connectivity index (χ3v) is 4.20. The number of fused-ring (bicyclic) bond motifs is 3. The lowest BCUT2D eigenvalue weighted by atomic mass is 10.2. The van der Waals surface area contributed by atoms with Crippen molar-refractivity contribution in [3.05, 3.63) is 58.1 Å². The maximum Gasteiger partial charge on any atom is 0.261 e. The van der Waals surface area contributed by atoms with Gasteiger partial charge in [0.15, 0.2) is 5.82 Å². The monoisotopic (exact) mass is 357 g/mol. The number of hydrogen-bond donors (Lipinski definition) is 1. The molecule has 0 aliphatic heterocycles. The second-order valence-electron chi connectivity index (χ2n) is 5.25. The van der Waals surface area contributed by atoms with Crippen LogP contribution in [-0.2, 0) is 6.54 Å². The highest BCUT2D eigenvalue weighted by Gasteiger charge is 2.12. The van der Waals surface area contributed by atoms with Crippen LogP contribution in [0.2, 0.25) is 5.02 Å². The quantitative estimate of drug-likeness (QED) is 0.572. The summed E-state index contributed by atoms with van der Waals surface area (Å²) < 4.78 is 3.20. The van der Waals surface area contributed by atoms with Crippen molar-refractivity contribution in [2.45, 2.75) is 6.54 Å². The Morgan fingerprint density at radius 3 is 2.71 bits per heavy atom. The number of benzene rings is 1. The van der Waals surface area contributed by atoms with Crippen LogP contribution in [-0.4, -0.2) is 29.9 Å². The summed E-state index contributed by atoms with van der Waals surface area (Å²) in [5.74, 6) is 1.57. The van der Waals surface area contributed by atoms with Gasteiger partial charge < -0.3 is 4.57 Å². The lowest BCUT2D eigenvalue weighted by Gasteiger charge is -2.05. The maximum absolute atomic E-state index is 12.5. The Hall–Kier alpha value is -2.38. The number of nitrogens with zero attached hydrogens (tertiary/aromatic N) is 5. The van der Waals surface area contributed by atoms with E-state index in [1.54, 1.807) is 33.6 Å². The van der Waals surface area contributed by atoms with Crippen LogP contribution in [0.3, 0.4) is 0 Å². The standard InChI is InChI=1S/C16H12ClN5OS/c17-11-3-1-10(2-4-11)14-19-16-18-9-12-13(22(16)20-14)5-6-21(7-8-24)15(12)23/h1-6,9,24H,7-8H2. The minimum Gasteiger partial charge on any atom is -0.314 e. The molecule has 1 aromatic carbocycles. The van der Waals surface area contributed by atoms with Crippen molar-refractivity contribution in [1.29, 1.82) is 0 Å². The van der Waals surface area contributed by atoms with Gasteiger partial charge in [-0.25, -0.2) is 4.98 Å². The third kappa shape index (κ3) is 2.46. The largest absolute Gasteiger partial charge is 0.314 e. The molecule has 3 heterocycles. The Bertz CT molecular complexity index is 1100. The zero-order valence-corrected chi connectivity index (χ0v) is 14.1. The molecule has 3 aromatic heterocycles. The van der Waals surface area contributed by atoms with Gasteiger partial charge in [-0.05, 0) is 30.3 Å². The molecule has 0 spiro atoms. The highest BCUT2D eigenvalue weighted by atomic mass is 35.5. The SMILES string of the molecule is O=c1c2cnc3nc(-c4ccc(Cl)cc4)nn3c2ccn1CCS. The number of hydrogen-bond acceptors (Lipinski definition) is 5. The van der Waals surface area contributed by atoms with Crippen LogP contribution in [0, 0.1) is 0 Å². The van der Waals surface area contributed by atoms with E-state index in [2.05, 4.69) is 27.7 Å². The second-order valence-corrected chi connectivity index (χ2v) is 6.13. The van der Waals surface area contributed by atoms with Crippen LogP contribution in [0.25, 0.3) is 28.1 Å². The first-order valence-electron chi connectivity index (χ1n) is 7.29. The fourth-order valence-corrected chi connectivity index (χ4v) is 2.91. The lowest BCUT2D eigenvalue weighted by Crippen LogP contribution is -2.21. The van der Waals surface area contributed by atoms with Crippen molar-refractivity contribution in [3.8, 4) is 11.4 Å². The molecule has 0 fully saturated rings. The highest BCUT2D eigenvalue weighted by Crippen LogP contribution is 2.20. The summed E-state index contributed by atoms with van der Waals surface area (Å²) in [4.78, 5) is 21.2. The van der Waals surface area contributed by atoms with Crippen molar-refractivity contribution >= 4 is 40.9 Å². The number of rotatable bonds is 3. The average Bonchev–Trinajstić information content (AvgIpc) is 3.02. The summed E-state index contributed by atoms with van der Waals surface area (Å²) in [5, 5.41) is 5.64. The molecule has 0 N–H and O–H groups in total. The van der Waals surface area contributed by atoms with E-state index in [-0.39, 0.29) is 5.56 Å². The van der Waals surface area contributed by atoms with Crippen LogP contribution >= 0.6 is 24.2 Å². The fourth-order valence-electron chi connectivity index (χ4n) is 2.56. The van der Waals surface area contributed by atoms with Gasteiger partial charge in [-0.15, -0.1) is 5.10 Å². The predicted molar refractivity (Wildman–Crippen MR) is 96.8 cm³/mol. The Balaban J connectivity index is 1.93. The summed E-state index contributed by atoms with van der Waals surface area (Å²) >= 11 is 10.1. The van der Waals surface area contributed by atoms with Gasteiger partial charge in [0, 0.05) is 35.3 Å². The summed E-state index contributed by atoms with van der Waals surface area (Å²) in [7, 11) is 0. The molecule has 0 saturated heterocycles. The Kier molecular flexibility index (Phi) is 3.74. The lowest BCUT2D eigenvalue weighted by molar-refractivity contribution is 0.742. The summed E-state index contributed by atoms with van der Waals surface area (Å²) in [6.07, 6.45) is 3.28. The zero-order valence-electron chi connectivity index (χ0n) is 12.4.